The van der Waals surface area contributed by atoms with E-state index in [1.807, 2.05) is 0 Å². The number of nitrogens with zero attached hydrogens (tertiary/aromatic N) is 1. The largest absolute Gasteiger partial charge is 0.481 e. The molecule has 0 saturated carbocycles. The summed E-state index contributed by atoms with van der Waals surface area (Å²) >= 11 is 5.34. The molecular weight excluding hydrogens is 338 g/mol. The zero-order valence-electron chi connectivity index (χ0n) is 12.1. The van der Waals surface area contributed by atoms with Gasteiger partial charge in [0, 0.05) is 27.3 Å². The average Bonchev–Trinajstić information content (AvgIpc) is 2.68. The zero-order valence-corrected chi connectivity index (χ0v) is 14.5. The summed E-state index contributed by atoms with van der Waals surface area (Å²) in [7, 11) is 0. The smallest absolute Gasteiger partial charge is 0.310 e. The summed E-state index contributed by atoms with van der Waals surface area (Å²) in [5.74, 6) is -0.618. The number of halogens is 1. The molecule has 5 heteroatoms. The van der Waals surface area contributed by atoms with E-state index in [9.17, 15) is 9.90 Å². The minimum atomic E-state index is -0.618. The summed E-state index contributed by atoms with van der Waals surface area (Å²) in [5, 5.41) is 9.62. The van der Waals surface area contributed by atoms with Gasteiger partial charge in [0.25, 0.3) is 0 Å². The lowest BCUT2D eigenvalue weighted by Gasteiger charge is -2.39. The molecule has 3 nitrogen and oxygen atoms in total. The molecule has 0 bridgehead atoms. The highest BCUT2D eigenvalue weighted by molar-refractivity contribution is 9.10. The van der Waals surface area contributed by atoms with Crippen LogP contribution in [0, 0.1) is 12.3 Å². The summed E-state index contributed by atoms with van der Waals surface area (Å²) in [6.07, 6.45) is 3.52. The van der Waals surface area contributed by atoms with Crippen LogP contribution in [0.1, 0.15) is 42.4 Å². The molecule has 1 aromatic heterocycles. The molecule has 1 atom stereocenters. The van der Waals surface area contributed by atoms with Gasteiger partial charge in [0.2, 0.25) is 0 Å². The van der Waals surface area contributed by atoms with Gasteiger partial charge in [0.15, 0.2) is 0 Å². The minimum Gasteiger partial charge on any atom is -0.481 e. The number of hydrogen-bond donors (Lipinski definition) is 1. The first-order chi connectivity index (χ1) is 9.47. The molecule has 112 valence electrons. The molecule has 0 amide bonds. The topological polar surface area (TPSA) is 40.5 Å². The standard InChI is InChI=1S/C15H22BrNO2S/c1-3-5-15(14(18)19)6-4-7-17(10-15)9-12-8-13(16)11(2)20-12/h8H,3-7,9-10H2,1-2H3,(H,18,19). The van der Waals surface area contributed by atoms with E-state index in [0.29, 0.717) is 6.54 Å². The van der Waals surface area contributed by atoms with Crippen LogP contribution in [0.15, 0.2) is 10.5 Å². The third-order valence-corrected chi connectivity index (χ3v) is 6.25. The fraction of sp³-hybridized carbons (Fsp3) is 0.667. The number of aryl methyl sites for hydroxylation is 1. The predicted molar refractivity (Wildman–Crippen MR) is 86.2 cm³/mol. The molecule has 20 heavy (non-hydrogen) atoms. The fourth-order valence-corrected chi connectivity index (χ4v) is 4.79. The second-order valence-electron chi connectivity index (χ2n) is 5.77. The van der Waals surface area contributed by atoms with Crippen LogP contribution in [0.2, 0.25) is 0 Å². The number of rotatable bonds is 5. The van der Waals surface area contributed by atoms with Gasteiger partial charge in [-0.2, -0.15) is 0 Å². The zero-order chi connectivity index (χ0) is 14.8. The maximum absolute atomic E-state index is 11.7. The molecule has 1 N–H and O–H groups in total. The lowest BCUT2D eigenvalue weighted by molar-refractivity contribution is -0.153. The van der Waals surface area contributed by atoms with Crippen LogP contribution in [-0.2, 0) is 11.3 Å². The van der Waals surface area contributed by atoms with Crippen molar-refractivity contribution < 1.29 is 9.90 Å². The molecule has 0 radical (unpaired) electrons. The van der Waals surface area contributed by atoms with E-state index in [0.717, 1.165) is 43.2 Å². The number of aliphatic carboxylic acids is 1. The van der Waals surface area contributed by atoms with Crippen molar-refractivity contribution in [1.29, 1.82) is 0 Å². The number of carbonyl (C=O) groups is 1. The van der Waals surface area contributed by atoms with Crippen LogP contribution in [0.5, 0.6) is 0 Å². The van der Waals surface area contributed by atoms with Crippen LogP contribution in [-0.4, -0.2) is 29.1 Å². The van der Waals surface area contributed by atoms with Crippen LogP contribution >= 0.6 is 27.3 Å². The maximum Gasteiger partial charge on any atom is 0.310 e. The Morgan fingerprint density at radius 1 is 1.60 bits per heavy atom. The van der Waals surface area contributed by atoms with Gasteiger partial charge >= 0.3 is 5.97 Å². The number of carboxylic acid groups (broad SMARTS) is 1. The minimum absolute atomic E-state index is 0.531. The molecule has 2 rings (SSSR count). The Balaban J connectivity index is 2.07. The Morgan fingerprint density at radius 3 is 2.90 bits per heavy atom. The van der Waals surface area contributed by atoms with Crippen molar-refractivity contribution in [2.45, 2.75) is 46.1 Å². The SMILES string of the molecule is CCCC1(C(=O)O)CCCN(Cc2cc(Br)c(C)s2)C1. The van der Waals surface area contributed by atoms with Crippen LogP contribution in [0.3, 0.4) is 0 Å². The summed E-state index contributed by atoms with van der Waals surface area (Å²) in [6.45, 7) is 6.74. The molecule has 2 heterocycles. The van der Waals surface area contributed by atoms with Gasteiger partial charge in [-0.25, -0.2) is 0 Å². The number of hydrogen-bond acceptors (Lipinski definition) is 3. The van der Waals surface area contributed by atoms with Gasteiger partial charge in [-0.05, 0) is 54.7 Å². The molecule has 1 saturated heterocycles. The number of likely N-dealkylation sites (tertiary alicyclic amines) is 1. The second-order valence-corrected chi connectivity index (χ2v) is 7.96. The first-order valence-electron chi connectivity index (χ1n) is 7.17. The summed E-state index contributed by atoms with van der Waals surface area (Å²) in [6, 6.07) is 2.16. The van der Waals surface area contributed by atoms with E-state index < -0.39 is 11.4 Å². The van der Waals surface area contributed by atoms with Crippen LogP contribution in [0.4, 0.5) is 0 Å². The molecule has 1 aliphatic rings. The predicted octanol–water partition coefficient (Wildman–Crippen LogP) is 4.29. The van der Waals surface area contributed by atoms with Crippen molar-refractivity contribution >= 4 is 33.2 Å². The van der Waals surface area contributed by atoms with E-state index in [-0.39, 0.29) is 0 Å². The molecule has 0 spiro atoms. The van der Waals surface area contributed by atoms with Gasteiger partial charge in [0.05, 0.1) is 5.41 Å². The molecule has 0 aromatic carbocycles. The molecule has 1 fully saturated rings. The Morgan fingerprint density at radius 2 is 2.35 bits per heavy atom. The first kappa shape index (κ1) is 16.0. The maximum atomic E-state index is 11.7. The Hall–Kier alpha value is -0.390. The summed E-state index contributed by atoms with van der Waals surface area (Å²) in [5.41, 5.74) is -0.531. The van der Waals surface area contributed by atoms with Crippen molar-refractivity contribution in [1.82, 2.24) is 4.90 Å². The summed E-state index contributed by atoms with van der Waals surface area (Å²) in [4.78, 5) is 16.6. The number of thiophene rings is 1. The Labute approximate surface area is 133 Å². The van der Waals surface area contributed by atoms with Crippen molar-refractivity contribution in [3.8, 4) is 0 Å². The highest BCUT2D eigenvalue weighted by Gasteiger charge is 2.41. The quantitative estimate of drug-likeness (QED) is 0.852. The van der Waals surface area contributed by atoms with E-state index in [4.69, 9.17) is 0 Å². The van der Waals surface area contributed by atoms with E-state index >= 15 is 0 Å². The number of piperidine rings is 1. The third-order valence-electron chi connectivity index (χ3n) is 4.13. The lowest BCUT2D eigenvalue weighted by atomic mass is 9.76. The van der Waals surface area contributed by atoms with E-state index in [1.165, 1.54) is 9.75 Å². The third kappa shape index (κ3) is 3.43. The normalized spacial score (nSPS) is 23.9. The second kappa shape index (κ2) is 6.58. The van der Waals surface area contributed by atoms with Crippen molar-refractivity contribution in [2.75, 3.05) is 13.1 Å². The van der Waals surface area contributed by atoms with Crippen LogP contribution < -0.4 is 0 Å². The van der Waals surface area contributed by atoms with Crippen molar-refractivity contribution in [3.63, 3.8) is 0 Å². The molecule has 1 unspecified atom stereocenters. The number of carboxylic acids is 1. The highest BCUT2D eigenvalue weighted by Crippen LogP contribution is 2.36. The molecule has 1 aromatic rings. The lowest BCUT2D eigenvalue weighted by Crippen LogP contribution is -2.47. The van der Waals surface area contributed by atoms with E-state index in [1.54, 1.807) is 11.3 Å². The highest BCUT2D eigenvalue weighted by atomic mass is 79.9. The van der Waals surface area contributed by atoms with Gasteiger partial charge in [0.1, 0.15) is 0 Å². The molecule has 1 aliphatic heterocycles. The fourth-order valence-electron chi connectivity index (χ4n) is 3.14. The first-order valence-corrected chi connectivity index (χ1v) is 8.78. The van der Waals surface area contributed by atoms with Crippen molar-refractivity contribution in [2.24, 2.45) is 5.41 Å². The van der Waals surface area contributed by atoms with Crippen molar-refractivity contribution in [3.05, 3.63) is 20.3 Å². The average molecular weight is 360 g/mol. The van der Waals surface area contributed by atoms with Gasteiger partial charge in [-0.3, -0.25) is 9.69 Å². The Kier molecular flexibility index (Phi) is 5.26. The van der Waals surface area contributed by atoms with Crippen LogP contribution in [0.25, 0.3) is 0 Å². The Bertz CT molecular complexity index is 465. The summed E-state index contributed by atoms with van der Waals surface area (Å²) < 4.78 is 1.16. The molecule has 0 aliphatic carbocycles. The van der Waals surface area contributed by atoms with Gasteiger partial charge < -0.3 is 5.11 Å². The van der Waals surface area contributed by atoms with Gasteiger partial charge in [-0.15, -0.1) is 11.3 Å². The van der Waals surface area contributed by atoms with E-state index in [2.05, 4.69) is 40.7 Å². The molecular formula is C15H22BrNO2S. The monoisotopic (exact) mass is 359 g/mol. The van der Waals surface area contributed by atoms with Gasteiger partial charge in [-0.1, -0.05) is 13.3 Å².